The number of hydrogen-bond donors (Lipinski definition) is 1. The lowest BCUT2D eigenvalue weighted by atomic mass is 10.3. The third kappa shape index (κ3) is 4.07. The maximum atomic E-state index is 12.8. The second kappa shape index (κ2) is 6.93. The summed E-state index contributed by atoms with van der Waals surface area (Å²) in [5, 5.41) is 11.4. The number of anilines is 1. The maximum absolute atomic E-state index is 12.8. The van der Waals surface area contributed by atoms with Crippen molar-refractivity contribution < 1.29 is 13.9 Å². The first kappa shape index (κ1) is 15.0. The number of pyridine rings is 1. The highest BCUT2D eigenvalue weighted by atomic mass is 32.1. The van der Waals surface area contributed by atoms with Gasteiger partial charge in [0.15, 0.2) is 11.6 Å². The fourth-order valence-electron chi connectivity index (χ4n) is 1.70. The topological polar surface area (TPSA) is 77.0 Å². The molecule has 116 valence electrons. The number of amides is 1. The highest BCUT2D eigenvalue weighted by Crippen LogP contribution is 2.24. The van der Waals surface area contributed by atoms with Crippen LogP contribution < -0.4 is 10.1 Å². The maximum Gasteiger partial charge on any atom is 0.264 e. The SMILES string of the molecule is O=C(COc1ccc(F)cc1)Nc1nnc(-c2ccccn2)s1. The first-order valence-electron chi connectivity index (χ1n) is 6.64. The van der Waals surface area contributed by atoms with E-state index >= 15 is 0 Å². The van der Waals surface area contributed by atoms with Gasteiger partial charge < -0.3 is 4.74 Å². The van der Waals surface area contributed by atoms with E-state index in [1.807, 2.05) is 12.1 Å². The highest BCUT2D eigenvalue weighted by molar-refractivity contribution is 7.18. The molecule has 6 nitrogen and oxygen atoms in total. The van der Waals surface area contributed by atoms with Crippen LogP contribution in [-0.2, 0) is 4.79 Å². The number of nitrogens with zero attached hydrogens (tertiary/aromatic N) is 3. The Kier molecular flexibility index (Phi) is 4.53. The molecule has 8 heteroatoms. The molecule has 3 rings (SSSR count). The molecule has 1 amide bonds. The Morgan fingerprint density at radius 3 is 2.74 bits per heavy atom. The summed E-state index contributed by atoms with van der Waals surface area (Å²) in [5.74, 6) is -0.330. The minimum atomic E-state index is -0.377. The fourth-order valence-corrected chi connectivity index (χ4v) is 2.44. The second-order valence-corrected chi connectivity index (χ2v) is 5.40. The minimum Gasteiger partial charge on any atom is -0.484 e. The van der Waals surface area contributed by atoms with E-state index < -0.39 is 0 Å². The molecule has 2 heterocycles. The molecule has 23 heavy (non-hydrogen) atoms. The molecule has 0 spiro atoms. The van der Waals surface area contributed by atoms with Gasteiger partial charge in [-0.1, -0.05) is 17.4 Å². The Hall–Kier alpha value is -2.87. The van der Waals surface area contributed by atoms with Gasteiger partial charge in [0.2, 0.25) is 5.13 Å². The zero-order valence-corrected chi connectivity index (χ0v) is 12.6. The predicted octanol–water partition coefficient (Wildman–Crippen LogP) is 2.76. The predicted molar refractivity (Wildman–Crippen MR) is 83.7 cm³/mol. The molecule has 0 aliphatic carbocycles. The van der Waals surface area contributed by atoms with Crippen LogP contribution in [0, 0.1) is 5.82 Å². The summed E-state index contributed by atoms with van der Waals surface area (Å²) in [6, 6.07) is 10.9. The standard InChI is InChI=1S/C15H11FN4O2S/c16-10-4-6-11(7-5-10)22-9-13(21)18-15-20-19-14(23-15)12-3-1-2-8-17-12/h1-8H,9H2,(H,18,20,21). The van der Waals surface area contributed by atoms with E-state index in [-0.39, 0.29) is 18.3 Å². The largest absolute Gasteiger partial charge is 0.484 e. The lowest BCUT2D eigenvalue weighted by molar-refractivity contribution is -0.118. The van der Waals surface area contributed by atoms with Crippen LogP contribution in [0.25, 0.3) is 10.7 Å². The Balaban J connectivity index is 1.56. The minimum absolute atomic E-state index is 0.204. The number of nitrogens with one attached hydrogen (secondary N) is 1. The van der Waals surface area contributed by atoms with Crippen molar-refractivity contribution in [2.24, 2.45) is 0 Å². The van der Waals surface area contributed by atoms with Crippen molar-refractivity contribution in [3.63, 3.8) is 0 Å². The number of benzene rings is 1. The number of carbonyl (C=O) groups excluding carboxylic acids is 1. The van der Waals surface area contributed by atoms with Gasteiger partial charge in [0, 0.05) is 6.20 Å². The van der Waals surface area contributed by atoms with Crippen LogP contribution in [0.15, 0.2) is 48.7 Å². The first-order valence-corrected chi connectivity index (χ1v) is 7.45. The molecule has 0 aliphatic heterocycles. The van der Waals surface area contributed by atoms with Crippen LogP contribution in [0.1, 0.15) is 0 Å². The smallest absolute Gasteiger partial charge is 0.264 e. The molecule has 0 fully saturated rings. The van der Waals surface area contributed by atoms with Crippen LogP contribution in [-0.4, -0.2) is 27.7 Å². The average molecular weight is 330 g/mol. The first-order chi connectivity index (χ1) is 11.2. The summed E-state index contributed by atoms with van der Waals surface area (Å²) in [7, 11) is 0. The molecular weight excluding hydrogens is 319 g/mol. The highest BCUT2D eigenvalue weighted by Gasteiger charge is 2.10. The van der Waals surface area contributed by atoms with Gasteiger partial charge in [0.25, 0.3) is 5.91 Å². The Morgan fingerprint density at radius 1 is 1.17 bits per heavy atom. The number of halogens is 1. The number of ether oxygens (including phenoxy) is 1. The molecule has 2 aromatic heterocycles. The number of rotatable bonds is 5. The molecule has 0 saturated heterocycles. The molecule has 1 N–H and O–H groups in total. The third-order valence-corrected chi connectivity index (χ3v) is 3.60. The summed E-state index contributed by atoms with van der Waals surface area (Å²) in [6.07, 6.45) is 1.66. The van der Waals surface area contributed by atoms with Crippen molar-refractivity contribution >= 4 is 22.4 Å². The van der Waals surface area contributed by atoms with Crippen molar-refractivity contribution in [3.8, 4) is 16.5 Å². The van der Waals surface area contributed by atoms with Crippen molar-refractivity contribution in [2.45, 2.75) is 0 Å². The molecule has 0 bridgehead atoms. The average Bonchev–Trinajstić information content (AvgIpc) is 3.04. The third-order valence-electron chi connectivity index (χ3n) is 2.74. The van der Waals surface area contributed by atoms with E-state index in [4.69, 9.17) is 4.74 Å². The summed E-state index contributed by atoms with van der Waals surface area (Å²) in [5.41, 5.74) is 0.688. The lowest BCUT2D eigenvalue weighted by Crippen LogP contribution is -2.20. The van der Waals surface area contributed by atoms with E-state index in [1.54, 1.807) is 12.3 Å². The molecule has 0 radical (unpaired) electrons. The number of hydrogen-bond acceptors (Lipinski definition) is 6. The zero-order valence-electron chi connectivity index (χ0n) is 11.8. The van der Waals surface area contributed by atoms with Gasteiger partial charge in [-0.25, -0.2) is 4.39 Å². The van der Waals surface area contributed by atoms with Gasteiger partial charge in [-0.15, -0.1) is 10.2 Å². The van der Waals surface area contributed by atoms with Crippen LogP contribution in [0.2, 0.25) is 0 Å². The van der Waals surface area contributed by atoms with Crippen LogP contribution >= 0.6 is 11.3 Å². The Labute approximate surface area is 135 Å². The van der Waals surface area contributed by atoms with Crippen LogP contribution in [0.5, 0.6) is 5.75 Å². The lowest BCUT2D eigenvalue weighted by Gasteiger charge is -2.05. The van der Waals surface area contributed by atoms with E-state index in [0.717, 1.165) is 0 Å². The second-order valence-electron chi connectivity index (χ2n) is 4.42. The monoisotopic (exact) mass is 330 g/mol. The van der Waals surface area contributed by atoms with E-state index in [1.165, 1.54) is 35.6 Å². The normalized spacial score (nSPS) is 10.3. The summed E-state index contributed by atoms with van der Waals surface area (Å²) in [4.78, 5) is 16.0. The van der Waals surface area contributed by atoms with Gasteiger partial charge in [0.1, 0.15) is 17.3 Å². The molecule has 0 atom stereocenters. The van der Waals surface area contributed by atoms with E-state index in [2.05, 4.69) is 20.5 Å². The van der Waals surface area contributed by atoms with Crippen LogP contribution in [0.3, 0.4) is 0 Å². The van der Waals surface area contributed by atoms with Gasteiger partial charge in [-0.3, -0.25) is 15.1 Å². The Bertz CT molecular complexity index is 793. The molecule has 3 aromatic rings. The summed E-state index contributed by atoms with van der Waals surface area (Å²) in [6.45, 7) is -0.204. The number of carbonyl (C=O) groups is 1. The zero-order chi connectivity index (χ0) is 16.1. The van der Waals surface area contributed by atoms with Crippen molar-refractivity contribution in [3.05, 3.63) is 54.5 Å². The molecule has 0 unspecified atom stereocenters. The Morgan fingerprint density at radius 2 is 2.00 bits per heavy atom. The van der Waals surface area contributed by atoms with Gasteiger partial charge in [-0.2, -0.15) is 0 Å². The summed E-state index contributed by atoms with van der Waals surface area (Å²) >= 11 is 1.22. The van der Waals surface area contributed by atoms with Crippen molar-refractivity contribution in [1.82, 2.24) is 15.2 Å². The molecule has 0 aliphatic rings. The van der Waals surface area contributed by atoms with E-state index in [0.29, 0.717) is 21.6 Å². The van der Waals surface area contributed by atoms with Gasteiger partial charge >= 0.3 is 0 Å². The molecular formula is C15H11FN4O2S. The fraction of sp³-hybridized carbons (Fsp3) is 0.0667. The molecule has 1 aromatic carbocycles. The van der Waals surface area contributed by atoms with Gasteiger partial charge in [-0.05, 0) is 36.4 Å². The van der Waals surface area contributed by atoms with Gasteiger partial charge in [0.05, 0.1) is 0 Å². The van der Waals surface area contributed by atoms with Crippen molar-refractivity contribution in [1.29, 1.82) is 0 Å². The van der Waals surface area contributed by atoms with Crippen molar-refractivity contribution in [2.75, 3.05) is 11.9 Å². The number of aromatic nitrogens is 3. The quantitative estimate of drug-likeness (QED) is 0.778. The van der Waals surface area contributed by atoms with E-state index in [9.17, 15) is 9.18 Å². The summed E-state index contributed by atoms with van der Waals surface area (Å²) < 4.78 is 18.0. The van der Waals surface area contributed by atoms with Crippen LogP contribution in [0.4, 0.5) is 9.52 Å². The molecule has 0 saturated carbocycles.